The maximum absolute atomic E-state index is 13.5. The lowest BCUT2D eigenvalue weighted by atomic mass is 9.88. The topological polar surface area (TPSA) is 107 Å². The molecule has 200 valence electrons. The molecule has 2 aromatic carbocycles. The minimum Gasteiger partial charge on any atom is -0.489 e. The molecule has 4 rings (SSSR count). The van der Waals surface area contributed by atoms with Crippen LogP contribution in [-0.4, -0.2) is 53.7 Å². The number of esters is 1. The van der Waals surface area contributed by atoms with Crippen molar-refractivity contribution in [3.05, 3.63) is 71.4 Å². The van der Waals surface area contributed by atoms with Crippen molar-refractivity contribution in [2.24, 2.45) is 0 Å². The number of aryl methyl sites for hydroxylation is 1. The summed E-state index contributed by atoms with van der Waals surface area (Å²) >= 11 is 0. The molecule has 1 atom stereocenters. The van der Waals surface area contributed by atoms with Crippen molar-refractivity contribution in [2.45, 2.75) is 51.9 Å². The van der Waals surface area contributed by atoms with Crippen molar-refractivity contribution in [1.82, 2.24) is 15.2 Å². The lowest BCUT2D eigenvalue weighted by molar-refractivity contribution is -0.146. The zero-order valence-electron chi connectivity index (χ0n) is 22.4. The zero-order valence-corrected chi connectivity index (χ0v) is 22.4. The molecule has 1 aliphatic rings. The third-order valence-electron chi connectivity index (χ3n) is 6.34. The van der Waals surface area contributed by atoms with Crippen molar-refractivity contribution in [3.63, 3.8) is 0 Å². The fourth-order valence-corrected chi connectivity index (χ4v) is 4.60. The van der Waals surface area contributed by atoms with Crippen LogP contribution in [0.3, 0.4) is 0 Å². The van der Waals surface area contributed by atoms with E-state index in [0.29, 0.717) is 17.9 Å². The largest absolute Gasteiger partial charge is 0.489 e. The molecule has 1 aliphatic heterocycles. The Balaban J connectivity index is 1.57. The Morgan fingerprint density at radius 2 is 1.82 bits per heavy atom. The van der Waals surface area contributed by atoms with Gasteiger partial charge in [0.05, 0.1) is 12.6 Å². The highest BCUT2D eigenvalue weighted by molar-refractivity contribution is 5.95. The zero-order chi connectivity index (χ0) is 27.5. The van der Waals surface area contributed by atoms with Crippen molar-refractivity contribution < 1.29 is 28.6 Å². The normalized spacial score (nSPS) is 17.4. The molecule has 1 aromatic heterocycles. The molecule has 0 bridgehead atoms. The quantitative estimate of drug-likeness (QED) is 0.465. The van der Waals surface area contributed by atoms with E-state index in [0.717, 1.165) is 22.2 Å². The number of carbonyl (C=O) groups is 3. The molecule has 1 unspecified atom stereocenters. The van der Waals surface area contributed by atoms with E-state index in [1.165, 1.54) is 12.0 Å². The van der Waals surface area contributed by atoms with Crippen LogP contribution in [0.25, 0.3) is 10.9 Å². The monoisotopic (exact) mass is 519 g/mol. The van der Waals surface area contributed by atoms with Gasteiger partial charge in [0.2, 0.25) is 0 Å². The van der Waals surface area contributed by atoms with Gasteiger partial charge in [-0.15, -0.1) is 0 Å². The first-order valence-electron chi connectivity index (χ1n) is 12.5. The first kappa shape index (κ1) is 26.9. The number of alkyl carbamates (subject to hydrolysis) is 1. The number of fused-ring (bicyclic) bond motifs is 1. The number of rotatable bonds is 7. The molecule has 3 aromatic rings. The number of hydrogen-bond donors (Lipinski definition) is 1. The third-order valence-corrected chi connectivity index (χ3v) is 6.34. The molecule has 2 heterocycles. The molecule has 2 amide bonds. The van der Waals surface area contributed by atoms with E-state index in [9.17, 15) is 14.4 Å². The average Bonchev–Trinajstić information content (AvgIpc) is 3.16. The van der Waals surface area contributed by atoms with Gasteiger partial charge in [0, 0.05) is 29.6 Å². The van der Waals surface area contributed by atoms with Gasteiger partial charge in [-0.1, -0.05) is 30.3 Å². The van der Waals surface area contributed by atoms with Gasteiger partial charge in [0.15, 0.2) is 0 Å². The van der Waals surface area contributed by atoms with Gasteiger partial charge in [-0.2, -0.15) is 0 Å². The van der Waals surface area contributed by atoms with Crippen molar-refractivity contribution >= 4 is 28.9 Å². The van der Waals surface area contributed by atoms with Gasteiger partial charge in [-0.3, -0.25) is 14.6 Å². The molecular formula is C29H33N3O6. The summed E-state index contributed by atoms with van der Waals surface area (Å²) < 4.78 is 16.2. The maximum atomic E-state index is 13.5. The molecule has 0 aliphatic carbocycles. The van der Waals surface area contributed by atoms with Gasteiger partial charge < -0.3 is 24.4 Å². The molecule has 0 radical (unpaired) electrons. The van der Waals surface area contributed by atoms with E-state index in [4.69, 9.17) is 14.2 Å². The van der Waals surface area contributed by atoms with E-state index < -0.39 is 29.1 Å². The van der Waals surface area contributed by atoms with Crippen LogP contribution in [0.15, 0.2) is 54.6 Å². The second-order valence-electron chi connectivity index (χ2n) is 10.3. The number of likely N-dealkylation sites (tertiary alicyclic amines) is 1. The highest BCUT2D eigenvalue weighted by Crippen LogP contribution is 2.35. The second-order valence-corrected chi connectivity index (χ2v) is 10.3. The second kappa shape index (κ2) is 10.7. The predicted molar refractivity (Wildman–Crippen MR) is 142 cm³/mol. The van der Waals surface area contributed by atoms with E-state index in [1.54, 1.807) is 45.0 Å². The first-order valence-corrected chi connectivity index (χ1v) is 12.5. The number of hydrogen-bond acceptors (Lipinski definition) is 7. The highest BCUT2D eigenvalue weighted by atomic mass is 16.6. The molecule has 0 spiro atoms. The summed E-state index contributed by atoms with van der Waals surface area (Å²) in [6.45, 7) is 7.61. The summed E-state index contributed by atoms with van der Waals surface area (Å²) in [7, 11) is 1.27. The minimum absolute atomic E-state index is 0.201. The maximum Gasteiger partial charge on any atom is 0.408 e. The SMILES string of the molecule is COC(=O)CN1CCC(NC(=O)OC(C)(C)C)(c2ccc(OCc3cc(C)nc4ccccc34)cc2)C1=O. The Hall–Kier alpha value is -4.14. The summed E-state index contributed by atoms with van der Waals surface area (Å²) in [6, 6.07) is 16.9. The van der Waals surface area contributed by atoms with Crippen LogP contribution < -0.4 is 10.1 Å². The smallest absolute Gasteiger partial charge is 0.408 e. The predicted octanol–water partition coefficient (Wildman–Crippen LogP) is 4.25. The van der Waals surface area contributed by atoms with Gasteiger partial charge in [-0.05, 0) is 57.5 Å². The van der Waals surface area contributed by atoms with Gasteiger partial charge in [0.1, 0.15) is 30.0 Å². The molecule has 1 saturated heterocycles. The number of methoxy groups -OCH3 is 1. The number of amides is 2. The summed E-state index contributed by atoms with van der Waals surface area (Å²) in [6.07, 6.45) is -0.448. The van der Waals surface area contributed by atoms with E-state index in [2.05, 4.69) is 10.3 Å². The number of nitrogens with zero attached hydrogens (tertiary/aromatic N) is 2. The van der Waals surface area contributed by atoms with Gasteiger partial charge >= 0.3 is 12.1 Å². The van der Waals surface area contributed by atoms with Gasteiger partial charge in [0.25, 0.3) is 5.91 Å². The number of benzene rings is 2. The molecule has 1 N–H and O–H groups in total. The van der Waals surface area contributed by atoms with Crippen molar-refractivity contribution in [3.8, 4) is 5.75 Å². The average molecular weight is 520 g/mol. The Labute approximate surface area is 222 Å². The molecule has 9 heteroatoms. The van der Waals surface area contributed by atoms with Crippen LogP contribution in [0.2, 0.25) is 0 Å². The molecule has 9 nitrogen and oxygen atoms in total. The van der Waals surface area contributed by atoms with Crippen LogP contribution in [0.5, 0.6) is 5.75 Å². The van der Waals surface area contributed by atoms with E-state index in [1.807, 2.05) is 37.3 Å². The fraction of sp³-hybridized carbons (Fsp3) is 0.379. The fourth-order valence-electron chi connectivity index (χ4n) is 4.60. The Kier molecular flexibility index (Phi) is 7.57. The number of ether oxygens (including phenoxy) is 3. The van der Waals surface area contributed by atoms with E-state index >= 15 is 0 Å². The standard InChI is InChI=1S/C29H33N3O6/c1-19-16-20(23-8-6-7-9-24(23)30-19)18-37-22-12-10-21(11-13-22)29(31-27(35)38-28(2,3)4)14-15-32(26(29)34)17-25(33)36-5/h6-13,16H,14-15,17-18H2,1-5H3,(H,31,35). The van der Waals surface area contributed by atoms with Crippen LogP contribution in [0, 0.1) is 6.92 Å². The number of aromatic nitrogens is 1. The summed E-state index contributed by atoms with van der Waals surface area (Å²) in [5, 5.41) is 3.81. The molecule has 1 fully saturated rings. The van der Waals surface area contributed by atoms with E-state index in [-0.39, 0.29) is 19.5 Å². The number of para-hydroxylation sites is 1. The number of pyridine rings is 1. The van der Waals surface area contributed by atoms with Crippen LogP contribution >= 0.6 is 0 Å². The van der Waals surface area contributed by atoms with Gasteiger partial charge in [-0.25, -0.2) is 4.79 Å². The molecule has 38 heavy (non-hydrogen) atoms. The Bertz CT molecular complexity index is 1350. The number of nitrogens with one attached hydrogen (secondary N) is 1. The summed E-state index contributed by atoms with van der Waals surface area (Å²) in [5.41, 5.74) is 1.28. The summed E-state index contributed by atoms with van der Waals surface area (Å²) in [4.78, 5) is 44.1. The highest BCUT2D eigenvalue weighted by Gasteiger charge is 2.50. The molecule has 0 saturated carbocycles. The van der Waals surface area contributed by atoms with Crippen LogP contribution in [0.1, 0.15) is 44.0 Å². The minimum atomic E-state index is -1.38. The van der Waals surface area contributed by atoms with Crippen molar-refractivity contribution in [2.75, 3.05) is 20.2 Å². The lowest BCUT2D eigenvalue weighted by Crippen LogP contribution is -2.53. The van der Waals surface area contributed by atoms with Crippen LogP contribution in [0.4, 0.5) is 4.79 Å². The summed E-state index contributed by atoms with van der Waals surface area (Å²) in [5.74, 6) is -0.327. The number of carbonyl (C=O) groups excluding carboxylic acids is 3. The molecular weight excluding hydrogens is 486 g/mol. The van der Waals surface area contributed by atoms with Crippen LogP contribution in [-0.2, 0) is 31.2 Å². The lowest BCUT2D eigenvalue weighted by Gasteiger charge is -2.31. The third kappa shape index (κ3) is 5.88. The first-order chi connectivity index (χ1) is 18.0. The van der Waals surface area contributed by atoms with Crippen molar-refractivity contribution in [1.29, 1.82) is 0 Å². The Morgan fingerprint density at radius 1 is 1.11 bits per heavy atom. The Morgan fingerprint density at radius 3 is 2.50 bits per heavy atom.